The van der Waals surface area contributed by atoms with Crippen molar-refractivity contribution in [2.24, 2.45) is 5.10 Å². The van der Waals surface area contributed by atoms with Gasteiger partial charge in [0.25, 0.3) is 0 Å². The smallest absolute Gasteiger partial charge is 0.329 e. The molecular formula is C22H23N5O2. The summed E-state index contributed by atoms with van der Waals surface area (Å²) >= 11 is 0. The van der Waals surface area contributed by atoms with Crippen molar-refractivity contribution < 1.29 is 9.59 Å². The molecule has 2 heterocycles. The van der Waals surface area contributed by atoms with Gasteiger partial charge in [0.2, 0.25) is 0 Å². The summed E-state index contributed by atoms with van der Waals surface area (Å²) in [6.45, 7) is 6.21. The number of hydrogen-bond donors (Lipinski definition) is 2. The minimum Gasteiger partial charge on any atom is -0.342 e. The average molecular weight is 389 g/mol. The molecule has 7 heteroatoms. The van der Waals surface area contributed by atoms with Crippen LogP contribution < -0.4 is 10.7 Å². The van der Waals surface area contributed by atoms with Gasteiger partial charge in [-0.1, -0.05) is 23.8 Å². The molecule has 148 valence electrons. The third kappa shape index (κ3) is 4.95. The van der Waals surface area contributed by atoms with Crippen LogP contribution in [-0.2, 0) is 16.1 Å². The first kappa shape index (κ1) is 20.0. The average Bonchev–Trinajstić information content (AvgIpc) is 3.01. The molecule has 0 aliphatic heterocycles. The zero-order valence-corrected chi connectivity index (χ0v) is 16.6. The van der Waals surface area contributed by atoms with Gasteiger partial charge in [-0.25, -0.2) is 5.43 Å². The minimum atomic E-state index is -0.829. The Balaban J connectivity index is 1.61. The fourth-order valence-corrected chi connectivity index (χ4v) is 2.97. The van der Waals surface area contributed by atoms with Gasteiger partial charge in [0.1, 0.15) is 0 Å². The van der Waals surface area contributed by atoms with Crippen molar-refractivity contribution in [3.8, 4) is 5.69 Å². The van der Waals surface area contributed by atoms with Crippen LogP contribution in [0, 0.1) is 20.8 Å². The van der Waals surface area contributed by atoms with Crippen LogP contribution in [0.3, 0.4) is 0 Å². The van der Waals surface area contributed by atoms with E-state index in [0.717, 1.165) is 22.6 Å². The summed E-state index contributed by atoms with van der Waals surface area (Å²) in [7, 11) is 0. The maximum absolute atomic E-state index is 11.9. The van der Waals surface area contributed by atoms with Crippen molar-refractivity contribution in [3.05, 3.63) is 82.9 Å². The monoisotopic (exact) mass is 389 g/mol. The van der Waals surface area contributed by atoms with Gasteiger partial charge in [-0.15, -0.1) is 0 Å². The number of amides is 2. The Hall–Kier alpha value is -3.74. The highest BCUT2D eigenvalue weighted by atomic mass is 16.2. The molecule has 0 fully saturated rings. The second kappa shape index (κ2) is 8.97. The van der Waals surface area contributed by atoms with Crippen LogP contribution in [0.2, 0.25) is 0 Å². The predicted octanol–water partition coefficient (Wildman–Crippen LogP) is 2.56. The summed E-state index contributed by atoms with van der Waals surface area (Å²) in [6, 6.07) is 15.6. The van der Waals surface area contributed by atoms with Crippen molar-refractivity contribution in [3.63, 3.8) is 0 Å². The van der Waals surface area contributed by atoms with Gasteiger partial charge in [0.05, 0.1) is 18.5 Å². The van der Waals surface area contributed by atoms with Crippen LogP contribution in [0.4, 0.5) is 0 Å². The van der Waals surface area contributed by atoms with Crippen LogP contribution in [0.15, 0.2) is 59.8 Å². The van der Waals surface area contributed by atoms with E-state index in [1.165, 1.54) is 11.8 Å². The summed E-state index contributed by atoms with van der Waals surface area (Å²) in [4.78, 5) is 27.9. The topological polar surface area (TPSA) is 88.4 Å². The highest BCUT2D eigenvalue weighted by molar-refractivity contribution is 6.35. The number of nitrogens with zero attached hydrogens (tertiary/aromatic N) is 3. The molecule has 7 nitrogen and oxygen atoms in total. The number of carbonyl (C=O) groups excluding carboxylic acids is 2. The third-order valence-corrected chi connectivity index (χ3v) is 4.49. The van der Waals surface area contributed by atoms with E-state index < -0.39 is 11.8 Å². The molecule has 0 bridgehead atoms. The number of hydrogen-bond acceptors (Lipinski definition) is 4. The normalized spacial score (nSPS) is 10.9. The van der Waals surface area contributed by atoms with E-state index in [4.69, 9.17) is 0 Å². The fourth-order valence-electron chi connectivity index (χ4n) is 2.97. The largest absolute Gasteiger partial charge is 0.342 e. The summed E-state index contributed by atoms with van der Waals surface area (Å²) in [5.74, 6) is -1.59. The SMILES string of the molecule is Cc1ccc(-n2c(C)cc(/C=N\NC(=O)C(=O)NCc3ccccn3)c2C)cc1. The molecule has 0 spiro atoms. The lowest BCUT2D eigenvalue weighted by molar-refractivity contribution is -0.139. The van der Waals surface area contributed by atoms with E-state index in [2.05, 4.69) is 49.7 Å². The second-order valence-electron chi connectivity index (χ2n) is 6.70. The zero-order valence-electron chi connectivity index (χ0n) is 16.6. The first-order chi connectivity index (χ1) is 14.0. The minimum absolute atomic E-state index is 0.175. The van der Waals surface area contributed by atoms with Gasteiger partial charge >= 0.3 is 11.8 Å². The Morgan fingerprint density at radius 3 is 2.52 bits per heavy atom. The van der Waals surface area contributed by atoms with Gasteiger partial charge < -0.3 is 9.88 Å². The summed E-state index contributed by atoms with van der Waals surface area (Å²) in [5.41, 5.74) is 8.08. The van der Waals surface area contributed by atoms with Crippen LogP contribution in [0.1, 0.15) is 28.2 Å². The molecule has 3 aromatic rings. The molecule has 29 heavy (non-hydrogen) atoms. The summed E-state index contributed by atoms with van der Waals surface area (Å²) in [5, 5.41) is 6.43. The number of benzene rings is 1. The molecule has 0 radical (unpaired) electrons. The maximum Gasteiger partial charge on any atom is 0.329 e. The quantitative estimate of drug-likeness (QED) is 0.399. The second-order valence-corrected chi connectivity index (χ2v) is 6.70. The van der Waals surface area contributed by atoms with Crippen molar-refractivity contribution in [2.45, 2.75) is 27.3 Å². The Morgan fingerprint density at radius 2 is 1.83 bits per heavy atom. The molecule has 2 aromatic heterocycles. The first-order valence-electron chi connectivity index (χ1n) is 9.23. The van der Waals surface area contributed by atoms with Gasteiger partial charge in [0.15, 0.2) is 0 Å². The molecule has 0 aliphatic rings. The number of aryl methyl sites for hydroxylation is 2. The molecule has 2 amide bonds. The van der Waals surface area contributed by atoms with Crippen LogP contribution in [0.5, 0.6) is 0 Å². The van der Waals surface area contributed by atoms with E-state index in [1.807, 2.05) is 32.9 Å². The fraction of sp³-hybridized carbons (Fsp3) is 0.182. The number of rotatable bonds is 5. The molecule has 3 rings (SSSR count). The van der Waals surface area contributed by atoms with E-state index >= 15 is 0 Å². The molecule has 0 saturated carbocycles. The highest BCUT2D eigenvalue weighted by Crippen LogP contribution is 2.20. The van der Waals surface area contributed by atoms with Crippen LogP contribution in [-0.4, -0.2) is 27.6 Å². The van der Waals surface area contributed by atoms with Crippen molar-refractivity contribution in [1.29, 1.82) is 0 Å². The van der Waals surface area contributed by atoms with E-state index in [1.54, 1.807) is 18.3 Å². The third-order valence-electron chi connectivity index (χ3n) is 4.49. The summed E-state index contributed by atoms with van der Waals surface area (Å²) < 4.78 is 2.11. The Labute approximate surface area is 169 Å². The number of carbonyl (C=O) groups is 2. The highest BCUT2D eigenvalue weighted by Gasteiger charge is 2.13. The maximum atomic E-state index is 11.9. The van der Waals surface area contributed by atoms with Gasteiger partial charge in [-0.2, -0.15) is 5.10 Å². The Bertz CT molecular complexity index is 1040. The van der Waals surface area contributed by atoms with Gasteiger partial charge in [-0.3, -0.25) is 14.6 Å². The number of aromatic nitrogens is 2. The molecule has 0 saturated heterocycles. The van der Waals surface area contributed by atoms with E-state index in [9.17, 15) is 9.59 Å². The molecule has 0 unspecified atom stereocenters. The predicted molar refractivity (Wildman–Crippen MR) is 112 cm³/mol. The van der Waals surface area contributed by atoms with Crippen molar-refractivity contribution >= 4 is 18.0 Å². The van der Waals surface area contributed by atoms with Gasteiger partial charge in [-0.05, 0) is 51.1 Å². The van der Waals surface area contributed by atoms with E-state index in [-0.39, 0.29) is 6.54 Å². The van der Waals surface area contributed by atoms with E-state index in [0.29, 0.717) is 5.69 Å². The lowest BCUT2D eigenvalue weighted by Gasteiger charge is -2.09. The summed E-state index contributed by atoms with van der Waals surface area (Å²) in [6.07, 6.45) is 3.16. The zero-order chi connectivity index (χ0) is 20.8. The molecule has 0 atom stereocenters. The molecule has 0 aliphatic carbocycles. The lowest BCUT2D eigenvalue weighted by Crippen LogP contribution is -2.37. The molecule has 1 aromatic carbocycles. The van der Waals surface area contributed by atoms with Crippen LogP contribution in [0.25, 0.3) is 5.69 Å². The number of pyridine rings is 1. The molecule has 2 N–H and O–H groups in total. The standard InChI is InChI=1S/C22H23N5O2/c1-15-7-9-20(10-8-15)27-16(2)12-18(17(27)3)13-25-26-22(29)21(28)24-14-19-6-4-5-11-23-19/h4-13H,14H2,1-3H3,(H,24,28)(H,26,29)/b25-13-. The Morgan fingerprint density at radius 1 is 1.07 bits per heavy atom. The van der Waals surface area contributed by atoms with Crippen molar-refractivity contribution in [2.75, 3.05) is 0 Å². The van der Waals surface area contributed by atoms with Gasteiger partial charge in [0, 0.05) is 28.8 Å². The van der Waals surface area contributed by atoms with Crippen molar-refractivity contribution in [1.82, 2.24) is 20.3 Å². The number of nitrogens with one attached hydrogen (secondary N) is 2. The Kier molecular flexibility index (Phi) is 6.19. The van der Waals surface area contributed by atoms with Crippen LogP contribution >= 0.6 is 0 Å². The first-order valence-corrected chi connectivity index (χ1v) is 9.23. The molecular weight excluding hydrogens is 366 g/mol. The number of hydrazone groups is 1. The lowest BCUT2D eigenvalue weighted by atomic mass is 10.2.